The fourth-order valence-corrected chi connectivity index (χ4v) is 2.49. The van der Waals surface area contributed by atoms with E-state index in [9.17, 15) is 13.6 Å². The largest absolute Gasteiger partial charge is 0.494 e. The number of rotatable bonds is 4. The first-order valence-corrected chi connectivity index (χ1v) is 7.31. The third-order valence-electron chi connectivity index (χ3n) is 3.70. The van der Waals surface area contributed by atoms with Gasteiger partial charge in [0.2, 0.25) is 0 Å². The van der Waals surface area contributed by atoms with Crippen molar-refractivity contribution in [3.8, 4) is 33.9 Å². The van der Waals surface area contributed by atoms with E-state index in [0.717, 1.165) is 0 Å². The number of aromatic nitrogens is 2. The van der Waals surface area contributed by atoms with E-state index in [-0.39, 0.29) is 11.5 Å². The summed E-state index contributed by atoms with van der Waals surface area (Å²) in [4.78, 5) is 11.7. The first-order valence-electron chi connectivity index (χ1n) is 7.31. The highest BCUT2D eigenvalue weighted by atomic mass is 19.1. The number of H-pyrrole nitrogens is 1. The van der Waals surface area contributed by atoms with E-state index in [1.54, 1.807) is 12.1 Å². The molecule has 0 fully saturated rings. The number of ether oxygens (including phenoxy) is 2. The van der Waals surface area contributed by atoms with Crippen molar-refractivity contribution in [2.24, 2.45) is 0 Å². The zero-order valence-electron chi connectivity index (χ0n) is 13.5. The summed E-state index contributed by atoms with van der Waals surface area (Å²) >= 11 is 0. The Morgan fingerprint density at radius 2 is 1.44 bits per heavy atom. The smallest absolute Gasteiger partial charge is 0.264 e. The number of hydrogen-bond donors (Lipinski definition) is 1. The minimum absolute atomic E-state index is 0.0820. The third kappa shape index (κ3) is 3.21. The highest BCUT2D eigenvalue weighted by molar-refractivity contribution is 5.80. The molecule has 128 valence electrons. The number of hydrogen-bond acceptors (Lipinski definition) is 4. The number of nitrogens with zero attached hydrogens (tertiary/aromatic N) is 1. The Morgan fingerprint density at radius 1 is 0.880 bits per heavy atom. The van der Waals surface area contributed by atoms with Crippen LogP contribution in [0.15, 0.2) is 47.3 Å². The molecule has 0 radical (unpaired) electrons. The first kappa shape index (κ1) is 16.6. The van der Waals surface area contributed by atoms with Gasteiger partial charge in [-0.25, -0.2) is 13.9 Å². The van der Waals surface area contributed by atoms with E-state index in [1.807, 2.05) is 0 Å². The summed E-state index contributed by atoms with van der Waals surface area (Å²) in [7, 11) is 2.72. The van der Waals surface area contributed by atoms with Crippen LogP contribution < -0.4 is 15.0 Å². The zero-order valence-corrected chi connectivity index (χ0v) is 13.5. The molecule has 3 rings (SSSR count). The lowest BCUT2D eigenvalue weighted by Crippen LogP contribution is -2.08. The van der Waals surface area contributed by atoms with Crippen LogP contribution in [0.1, 0.15) is 0 Å². The molecule has 0 spiro atoms. The van der Waals surface area contributed by atoms with Gasteiger partial charge in [-0.15, -0.1) is 0 Å². The van der Waals surface area contributed by atoms with Crippen molar-refractivity contribution in [3.05, 3.63) is 64.5 Å². The molecule has 0 atom stereocenters. The van der Waals surface area contributed by atoms with E-state index in [4.69, 9.17) is 9.47 Å². The fourth-order valence-electron chi connectivity index (χ4n) is 2.49. The lowest BCUT2D eigenvalue weighted by Gasteiger charge is -2.11. The second-order valence-electron chi connectivity index (χ2n) is 5.19. The third-order valence-corrected chi connectivity index (χ3v) is 3.70. The monoisotopic (exact) mass is 344 g/mol. The second-order valence-corrected chi connectivity index (χ2v) is 5.19. The molecule has 2 aromatic carbocycles. The molecule has 25 heavy (non-hydrogen) atoms. The Morgan fingerprint density at radius 3 is 2.00 bits per heavy atom. The Hall–Kier alpha value is -3.22. The molecule has 1 N–H and O–H groups in total. The van der Waals surface area contributed by atoms with Crippen LogP contribution in [0.3, 0.4) is 0 Å². The topological polar surface area (TPSA) is 64.2 Å². The Labute approximate surface area is 141 Å². The molecule has 0 saturated heterocycles. The maximum atomic E-state index is 14.0. The minimum atomic E-state index is -0.577. The van der Waals surface area contributed by atoms with Crippen LogP contribution in [0.5, 0.6) is 11.5 Å². The Balaban J connectivity index is 2.18. The lowest BCUT2D eigenvalue weighted by atomic mass is 9.99. The number of nitrogens with one attached hydrogen (secondary N) is 1. The molecule has 7 heteroatoms. The standard InChI is InChI=1S/C18H14F2N2O3/c1-24-15-5-3-10(7-13(15)19)12-9-17(23)21-22-18(12)11-4-6-16(25-2)14(20)8-11/h3-9H,1-2H3,(H,21,23). The maximum absolute atomic E-state index is 14.0. The summed E-state index contributed by atoms with van der Waals surface area (Å²) in [5, 5.41) is 6.31. The van der Waals surface area contributed by atoms with Gasteiger partial charge >= 0.3 is 0 Å². The van der Waals surface area contributed by atoms with Gasteiger partial charge in [-0.3, -0.25) is 4.79 Å². The maximum Gasteiger partial charge on any atom is 0.264 e. The van der Waals surface area contributed by atoms with E-state index >= 15 is 0 Å². The van der Waals surface area contributed by atoms with Gasteiger partial charge in [-0.2, -0.15) is 5.10 Å². The second kappa shape index (κ2) is 6.72. The van der Waals surface area contributed by atoms with Gasteiger partial charge in [0.25, 0.3) is 5.56 Å². The highest BCUT2D eigenvalue weighted by Gasteiger charge is 2.14. The molecule has 5 nitrogen and oxygen atoms in total. The van der Waals surface area contributed by atoms with Gasteiger partial charge < -0.3 is 9.47 Å². The van der Waals surface area contributed by atoms with Crippen LogP contribution in [0.25, 0.3) is 22.4 Å². The lowest BCUT2D eigenvalue weighted by molar-refractivity contribution is 0.386. The van der Waals surface area contributed by atoms with Crippen molar-refractivity contribution in [1.29, 1.82) is 0 Å². The van der Waals surface area contributed by atoms with Crippen LogP contribution in [0, 0.1) is 11.6 Å². The van der Waals surface area contributed by atoms with Gasteiger partial charge in [-0.1, -0.05) is 6.07 Å². The summed E-state index contributed by atoms with van der Waals surface area (Å²) in [6.07, 6.45) is 0. The van der Waals surface area contributed by atoms with Crippen molar-refractivity contribution < 1.29 is 18.3 Å². The highest BCUT2D eigenvalue weighted by Crippen LogP contribution is 2.33. The number of benzene rings is 2. The summed E-state index contributed by atoms with van der Waals surface area (Å²) in [5.74, 6) is -0.976. The van der Waals surface area contributed by atoms with Crippen molar-refractivity contribution in [3.63, 3.8) is 0 Å². The molecule has 0 amide bonds. The number of halogens is 2. The SMILES string of the molecule is COc1ccc(-c2cc(=O)[nH]nc2-c2ccc(OC)c(F)c2)cc1F. The van der Waals surface area contributed by atoms with E-state index in [1.165, 1.54) is 44.6 Å². The van der Waals surface area contributed by atoms with Gasteiger partial charge in [0.15, 0.2) is 23.1 Å². The molecule has 0 unspecified atom stereocenters. The number of aromatic amines is 1. The van der Waals surface area contributed by atoms with Gasteiger partial charge in [0.1, 0.15) is 0 Å². The predicted molar refractivity (Wildman–Crippen MR) is 88.7 cm³/mol. The molecule has 1 heterocycles. The van der Waals surface area contributed by atoms with Crippen LogP contribution in [0.4, 0.5) is 8.78 Å². The molecule has 0 saturated carbocycles. The average Bonchev–Trinajstić information content (AvgIpc) is 2.61. The molecule has 0 aliphatic heterocycles. The first-order chi connectivity index (χ1) is 12.0. The van der Waals surface area contributed by atoms with E-state index < -0.39 is 17.2 Å². The predicted octanol–water partition coefficient (Wildman–Crippen LogP) is 3.40. The minimum Gasteiger partial charge on any atom is -0.494 e. The Bertz CT molecular complexity index is 986. The van der Waals surface area contributed by atoms with Crippen molar-refractivity contribution in [2.45, 2.75) is 0 Å². The summed E-state index contributed by atoms with van der Waals surface area (Å²) in [5.41, 5.74) is 1.06. The average molecular weight is 344 g/mol. The van der Waals surface area contributed by atoms with Gasteiger partial charge in [-0.05, 0) is 35.9 Å². The quantitative estimate of drug-likeness (QED) is 0.788. The van der Waals surface area contributed by atoms with Crippen LogP contribution in [-0.2, 0) is 0 Å². The molecule has 1 aromatic heterocycles. The summed E-state index contributed by atoms with van der Waals surface area (Å²) in [6, 6.07) is 9.86. The van der Waals surface area contributed by atoms with Crippen LogP contribution in [0.2, 0.25) is 0 Å². The molecule has 0 bridgehead atoms. The normalized spacial score (nSPS) is 10.6. The molecule has 0 aliphatic carbocycles. The van der Waals surface area contributed by atoms with Crippen LogP contribution >= 0.6 is 0 Å². The van der Waals surface area contributed by atoms with Crippen LogP contribution in [-0.4, -0.2) is 24.4 Å². The van der Waals surface area contributed by atoms with E-state index in [0.29, 0.717) is 22.4 Å². The molecule has 3 aromatic rings. The summed E-state index contributed by atoms with van der Waals surface area (Å²) in [6.45, 7) is 0. The van der Waals surface area contributed by atoms with Crippen molar-refractivity contribution in [1.82, 2.24) is 10.2 Å². The van der Waals surface area contributed by atoms with Crippen molar-refractivity contribution >= 4 is 0 Å². The fraction of sp³-hybridized carbons (Fsp3) is 0.111. The van der Waals surface area contributed by atoms with Gasteiger partial charge in [0.05, 0.1) is 19.9 Å². The van der Waals surface area contributed by atoms with E-state index in [2.05, 4.69) is 10.2 Å². The summed E-state index contributed by atoms with van der Waals surface area (Å²) < 4.78 is 37.8. The molecule has 0 aliphatic rings. The van der Waals surface area contributed by atoms with Crippen molar-refractivity contribution in [2.75, 3.05) is 14.2 Å². The molecular weight excluding hydrogens is 330 g/mol. The van der Waals surface area contributed by atoms with Gasteiger partial charge in [0, 0.05) is 17.2 Å². The molecular formula is C18H14F2N2O3. The Kier molecular flexibility index (Phi) is 4.47. The number of methoxy groups -OCH3 is 2. The zero-order chi connectivity index (χ0) is 18.0.